The number of alkyl halides is 3. The summed E-state index contributed by atoms with van der Waals surface area (Å²) in [5, 5.41) is 0. The second-order valence-corrected chi connectivity index (χ2v) is 9.95. The van der Waals surface area contributed by atoms with Crippen molar-refractivity contribution in [3.05, 3.63) is 29.8 Å². The number of carbonyl (C=O) groups excluding carboxylic acids is 1. The summed E-state index contributed by atoms with van der Waals surface area (Å²) in [6.45, 7) is 1.31. The average Bonchev–Trinajstić information content (AvgIpc) is 2.71. The number of hydrogen-bond donors (Lipinski definition) is 0. The lowest BCUT2D eigenvalue weighted by Gasteiger charge is -2.38. The molecule has 10 heteroatoms. The number of hydrogen-bond acceptors (Lipinski definition) is 4. The molecule has 168 valence electrons. The molecule has 2 aliphatic rings. The van der Waals surface area contributed by atoms with E-state index in [2.05, 4.69) is 0 Å². The quantitative estimate of drug-likeness (QED) is 0.697. The van der Waals surface area contributed by atoms with E-state index in [0.717, 1.165) is 50.5 Å². The molecular weight excluding hydrogens is 419 g/mol. The number of benzene rings is 1. The molecule has 0 radical (unpaired) electrons. The van der Waals surface area contributed by atoms with Crippen molar-refractivity contribution in [1.82, 2.24) is 9.21 Å². The molecule has 2 fully saturated rings. The van der Waals surface area contributed by atoms with Gasteiger partial charge in [0.15, 0.2) is 0 Å². The molecule has 1 saturated carbocycles. The highest BCUT2D eigenvalue weighted by Gasteiger charge is 2.33. The van der Waals surface area contributed by atoms with Crippen LogP contribution in [0.1, 0.15) is 37.7 Å². The average molecular weight is 448 g/mol. The molecule has 0 aromatic heterocycles. The molecule has 1 aliphatic carbocycles. The van der Waals surface area contributed by atoms with Crippen LogP contribution in [-0.4, -0.2) is 68.6 Å². The predicted molar refractivity (Wildman–Crippen MR) is 109 cm³/mol. The van der Waals surface area contributed by atoms with Gasteiger partial charge in [0.05, 0.1) is 18.4 Å². The summed E-state index contributed by atoms with van der Waals surface area (Å²) in [5.74, 6) is -0.255. The normalized spacial score (nSPS) is 19.4. The fraction of sp³-hybridized carbons (Fsp3) is 0.650. The van der Waals surface area contributed by atoms with Crippen molar-refractivity contribution in [2.45, 2.75) is 44.3 Å². The monoisotopic (exact) mass is 447 g/mol. The number of sulfonamides is 1. The Morgan fingerprint density at radius 2 is 1.73 bits per heavy atom. The van der Waals surface area contributed by atoms with Gasteiger partial charge in [-0.3, -0.25) is 4.79 Å². The first kappa shape index (κ1) is 22.9. The van der Waals surface area contributed by atoms with Gasteiger partial charge >= 0.3 is 6.18 Å². The second kappa shape index (κ2) is 9.13. The van der Waals surface area contributed by atoms with Crippen molar-refractivity contribution in [2.24, 2.45) is 0 Å². The second-order valence-electron chi connectivity index (χ2n) is 8.02. The van der Waals surface area contributed by atoms with Gasteiger partial charge in [0.1, 0.15) is 0 Å². The molecule has 1 aromatic carbocycles. The van der Waals surface area contributed by atoms with Crippen LogP contribution in [0.4, 0.5) is 18.9 Å². The standard InChI is InChI=1S/C20H28F3N3O3S/c1-30(28,29)26(17-7-3-2-4-8-17)15-19(27)25-12-10-24(11-13-25)18-9-5-6-16(14-18)20(21,22)23/h5-6,9,14,17H,2-4,7-8,10-13,15H2,1H3. The highest BCUT2D eigenvalue weighted by molar-refractivity contribution is 7.88. The molecule has 1 aliphatic heterocycles. The third-order valence-electron chi connectivity index (χ3n) is 5.87. The van der Waals surface area contributed by atoms with Gasteiger partial charge in [-0.15, -0.1) is 0 Å². The van der Waals surface area contributed by atoms with Crippen LogP contribution < -0.4 is 4.90 Å². The number of rotatable bonds is 5. The van der Waals surface area contributed by atoms with E-state index in [0.29, 0.717) is 31.9 Å². The van der Waals surface area contributed by atoms with Crippen LogP contribution in [0, 0.1) is 0 Å². The summed E-state index contributed by atoms with van der Waals surface area (Å²) >= 11 is 0. The lowest BCUT2D eigenvalue weighted by Crippen LogP contribution is -2.53. The van der Waals surface area contributed by atoms with Gasteiger partial charge in [-0.25, -0.2) is 8.42 Å². The predicted octanol–water partition coefficient (Wildman–Crippen LogP) is 2.95. The Hall–Kier alpha value is -1.81. The van der Waals surface area contributed by atoms with Crippen molar-refractivity contribution in [2.75, 3.05) is 43.9 Å². The van der Waals surface area contributed by atoms with Crippen molar-refractivity contribution < 1.29 is 26.4 Å². The largest absolute Gasteiger partial charge is 0.416 e. The molecule has 0 N–H and O–H groups in total. The van der Waals surface area contributed by atoms with E-state index < -0.39 is 21.8 Å². The number of piperazine rings is 1. The number of nitrogens with zero attached hydrogens (tertiary/aromatic N) is 3. The van der Waals surface area contributed by atoms with Crippen molar-refractivity contribution in [3.8, 4) is 0 Å². The van der Waals surface area contributed by atoms with Gasteiger partial charge < -0.3 is 9.80 Å². The molecule has 0 atom stereocenters. The first-order valence-electron chi connectivity index (χ1n) is 10.2. The minimum absolute atomic E-state index is 0.135. The van der Waals surface area contributed by atoms with E-state index >= 15 is 0 Å². The van der Waals surface area contributed by atoms with Gasteiger partial charge in [-0.05, 0) is 31.0 Å². The van der Waals surface area contributed by atoms with Crippen LogP contribution in [0.25, 0.3) is 0 Å². The van der Waals surface area contributed by atoms with E-state index in [1.165, 1.54) is 10.4 Å². The van der Waals surface area contributed by atoms with E-state index in [9.17, 15) is 26.4 Å². The van der Waals surface area contributed by atoms with Crippen LogP contribution in [0.3, 0.4) is 0 Å². The van der Waals surface area contributed by atoms with E-state index in [4.69, 9.17) is 0 Å². The molecule has 1 saturated heterocycles. The number of halogens is 3. The van der Waals surface area contributed by atoms with E-state index in [1.54, 1.807) is 11.0 Å². The fourth-order valence-electron chi connectivity index (χ4n) is 4.21. The van der Waals surface area contributed by atoms with Crippen molar-refractivity contribution >= 4 is 21.6 Å². The van der Waals surface area contributed by atoms with Crippen LogP contribution >= 0.6 is 0 Å². The molecule has 3 rings (SSSR count). The third-order valence-corrected chi connectivity index (χ3v) is 7.15. The number of amides is 1. The Balaban J connectivity index is 1.61. The van der Waals surface area contributed by atoms with E-state index in [-0.39, 0.29) is 18.5 Å². The fourth-order valence-corrected chi connectivity index (χ4v) is 5.31. The Bertz CT molecular complexity index is 846. The minimum atomic E-state index is -4.40. The first-order chi connectivity index (χ1) is 14.1. The van der Waals surface area contributed by atoms with Gasteiger partial charge in [-0.2, -0.15) is 17.5 Å². The van der Waals surface area contributed by atoms with Gasteiger partial charge in [-0.1, -0.05) is 25.3 Å². The highest BCUT2D eigenvalue weighted by Crippen LogP contribution is 2.32. The Morgan fingerprint density at radius 3 is 2.30 bits per heavy atom. The lowest BCUT2D eigenvalue weighted by molar-refractivity contribution is -0.137. The Kier molecular flexibility index (Phi) is 6.96. The molecule has 1 aromatic rings. The zero-order valence-electron chi connectivity index (χ0n) is 17.1. The molecule has 0 spiro atoms. The summed E-state index contributed by atoms with van der Waals surface area (Å²) in [6, 6.07) is 5.02. The number of carbonyl (C=O) groups is 1. The zero-order chi connectivity index (χ0) is 21.9. The summed E-state index contributed by atoms with van der Waals surface area (Å²) in [6.07, 6.45) is 1.27. The van der Waals surface area contributed by atoms with Crippen molar-refractivity contribution in [3.63, 3.8) is 0 Å². The Labute approximate surface area is 175 Å². The van der Waals surface area contributed by atoms with Crippen LogP contribution in [0.5, 0.6) is 0 Å². The smallest absolute Gasteiger partial charge is 0.368 e. The summed E-state index contributed by atoms with van der Waals surface area (Å²) < 4.78 is 64.7. The van der Waals surface area contributed by atoms with Crippen LogP contribution in [0.15, 0.2) is 24.3 Å². The van der Waals surface area contributed by atoms with Gasteiger partial charge in [0.25, 0.3) is 0 Å². The lowest BCUT2D eigenvalue weighted by atomic mass is 9.95. The molecular formula is C20H28F3N3O3S. The molecule has 0 bridgehead atoms. The third kappa shape index (κ3) is 5.66. The summed E-state index contributed by atoms with van der Waals surface area (Å²) in [4.78, 5) is 16.2. The summed E-state index contributed by atoms with van der Waals surface area (Å²) in [7, 11) is -3.50. The SMILES string of the molecule is CS(=O)(=O)N(CC(=O)N1CCN(c2cccc(C(F)(F)F)c2)CC1)C1CCCCC1. The van der Waals surface area contributed by atoms with Gasteiger partial charge in [0, 0.05) is 37.9 Å². The molecule has 1 heterocycles. The van der Waals surface area contributed by atoms with E-state index in [1.807, 2.05) is 4.90 Å². The minimum Gasteiger partial charge on any atom is -0.368 e. The topological polar surface area (TPSA) is 60.9 Å². The number of anilines is 1. The molecule has 1 amide bonds. The summed E-state index contributed by atoms with van der Waals surface area (Å²) in [5.41, 5.74) is -0.230. The highest BCUT2D eigenvalue weighted by atomic mass is 32.2. The zero-order valence-corrected chi connectivity index (χ0v) is 17.9. The van der Waals surface area contributed by atoms with Gasteiger partial charge in [0.2, 0.25) is 15.9 Å². The maximum atomic E-state index is 12.9. The van der Waals surface area contributed by atoms with Crippen LogP contribution in [0.2, 0.25) is 0 Å². The first-order valence-corrected chi connectivity index (χ1v) is 12.1. The molecule has 30 heavy (non-hydrogen) atoms. The molecule has 6 nitrogen and oxygen atoms in total. The van der Waals surface area contributed by atoms with Crippen molar-refractivity contribution in [1.29, 1.82) is 0 Å². The molecule has 0 unspecified atom stereocenters. The maximum Gasteiger partial charge on any atom is 0.416 e. The maximum absolute atomic E-state index is 12.9. The Morgan fingerprint density at radius 1 is 1.10 bits per heavy atom. The van der Waals surface area contributed by atoms with Crippen LogP contribution in [-0.2, 0) is 21.0 Å².